The average molecular weight is 243 g/mol. The van der Waals surface area contributed by atoms with Gasteiger partial charge in [-0.1, -0.05) is 30.3 Å². The molecule has 1 N–H and O–H groups in total. The van der Waals surface area contributed by atoms with Gasteiger partial charge in [0.1, 0.15) is 0 Å². The average Bonchev–Trinajstić information content (AvgIpc) is 2.30. The van der Waals surface area contributed by atoms with Crippen LogP contribution in [0.1, 0.15) is 12.5 Å². The first-order valence-electron chi connectivity index (χ1n) is 5.10. The minimum atomic E-state index is -3.23. The Morgan fingerprint density at radius 1 is 1.31 bits per heavy atom. The minimum Gasteiger partial charge on any atom is -0.375 e. The van der Waals surface area contributed by atoms with E-state index in [1.54, 1.807) is 6.92 Å². The van der Waals surface area contributed by atoms with E-state index in [-0.39, 0.29) is 6.61 Å². The van der Waals surface area contributed by atoms with E-state index in [9.17, 15) is 8.42 Å². The molecule has 0 spiro atoms. The molecule has 0 aliphatic rings. The number of ether oxygens (including phenoxy) is 1. The maximum atomic E-state index is 11.4. The van der Waals surface area contributed by atoms with E-state index in [4.69, 9.17) is 4.74 Å². The van der Waals surface area contributed by atoms with Crippen molar-refractivity contribution in [2.24, 2.45) is 0 Å². The molecule has 0 fully saturated rings. The highest BCUT2D eigenvalue weighted by Gasteiger charge is 2.18. The lowest BCUT2D eigenvalue weighted by atomic mass is 10.2. The van der Waals surface area contributed by atoms with Crippen LogP contribution in [0.15, 0.2) is 30.3 Å². The highest BCUT2D eigenvalue weighted by atomic mass is 32.2. The van der Waals surface area contributed by atoms with Crippen LogP contribution in [0.3, 0.4) is 0 Å². The molecular weight excluding hydrogens is 226 g/mol. The van der Waals surface area contributed by atoms with Crippen LogP contribution in [0.5, 0.6) is 0 Å². The van der Waals surface area contributed by atoms with Crippen LogP contribution in [0, 0.1) is 0 Å². The molecule has 0 amide bonds. The lowest BCUT2D eigenvalue weighted by Gasteiger charge is -2.12. The van der Waals surface area contributed by atoms with Gasteiger partial charge in [-0.2, -0.15) is 0 Å². The Hall–Kier alpha value is -0.910. The second-order valence-corrected chi connectivity index (χ2v) is 5.86. The molecule has 0 aromatic heterocycles. The molecule has 1 unspecified atom stereocenters. The molecule has 4 nitrogen and oxygen atoms in total. The summed E-state index contributed by atoms with van der Waals surface area (Å²) < 4.78 is 30.3. The summed E-state index contributed by atoms with van der Waals surface area (Å²) in [6.07, 6.45) is 0. The molecule has 0 saturated carbocycles. The lowest BCUT2D eigenvalue weighted by Crippen LogP contribution is -2.32. The van der Waals surface area contributed by atoms with Crippen molar-refractivity contribution in [1.29, 1.82) is 0 Å². The highest BCUT2D eigenvalue weighted by molar-refractivity contribution is 7.90. The van der Waals surface area contributed by atoms with E-state index < -0.39 is 15.3 Å². The Kier molecular flexibility index (Phi) is 4.92. The van der Waals surface area contributed by atoms with Gasteiger partial charge in [0, 0.05) is 0 Å². The van der Waals surface area contributed by atoms with Gasteiger partial charge in [-0.05, 0) is 19.5 Å². The van der Waals surface area contributed by atoms with Crippen LogP contribution < -0.4 is 4.72 Å². The fourth-order valence-corrected chi connectivity index (χ4v) is 1.89. The zero-order valence-corrected chi connectivity index (χ0v) is 10.3. The summed E-state index contributed by atoms with van der Waals surface area (Å²) in [6, 6.07) is 9.66. The molecule has 0 aliphatic heterocycles. The van der Waals surface area contributed by atoms with Crippen molar-refractivity contribution in [2.45, 2.75) is 18.8 Å². The smallest absolute Gasteiger partial charge is 0.216 e. The van der Waals surface area contributed by atoms with Crippen LogP contribution in [0.2, 0.25) is 0 Å². The van der Waals surface area contributed by atoms with Crippen LogP contribution in [-0.4, -0.2) is 27.3 Å². The SMILES string of the molecule is CNS(=O)(=O)C(C)COCc1ccccc1. The van der Waals surface area contributed by atoms with Crippen molar-refractivity contribution in [3.63, 3.8) is 0 Å². The fraction of sp³-hybridized carbons (Fsp3) is 0.455. The second kappa shape index (κ2) is 5.98. The monoisotopic (exact) mass is 243 g/mol. The van der Waals surface area contributed by atoms with Gasteiger partial charge in [-0.25, -0.2) is 13.1 Å². The number of nitrogens with one attached hydrogen (secondary N) is 1. The molecule has 90 valence electrons. The van der Waals surface area contributed by atoms with Crippen molar-refractivity contribution < 1.29 is 13.2 Å². The molecule has 1 aromatic rings. The summed E-state index contributed by atoms with van der Waals surface area (Å²) in [5, 5.41) is -0.541. The van der Waals surface area contributed by atoms with E-state index in [1.165, 1.54) is 7.05 Å². The van der Waals surface area contributed by atoms with Crippen LogP contribution in [0.25, 0.3) is 0 Å². The van der Waals surface area contributed by atoms with Crippen molar-refractivity contribution in [1.82, 2.24) is 4.72 Å². The van der Waals surface area contributed by atoms with Gasteiger partial charge in [0.25, 0.3) is 0 Å². The quantitative estimate of drug-likeness (QED) is 0.815. The summed E-state index contributed by atoms with van der Waals surface area (Å²) in [7, 11) is -1.82. The first-order chi connectivity index (χ1) is 7.56. The standard InChI is InChI=1S/C11H17NO3S/c1-10(16(13,14)12-2)8-15-9-11-6-4-3-5-7-11/h3-7,10,12H,8-9H2,1-2H3. The number of benzene rings is 1. The van der Waals surface area contributed by atoms with E-state index in [1.807, 2.05) is 30.3 Å². The molecular formula is C11H17NO3S. The largest absolute Gasteiger partial charge is 0.375 e. The van der Waals surface area contributed by atoms with E-state index in [0.717, 1.165) is 5.56 Å². The maximum Gasteiger partial charge on any atom is 0.216 e. The van der Waals surface area contributed by atoms with Gasteiger partial charge in [0.15, 0.2) is 0 Å². The summed E-state index contributed by atoms with van der Waals surface area (Å²) in [5.74, 6) is 0. The van der Waals surface area contributed by atoms with Gasteiger partial charge in [-0.15, -0.1) is 0 Å². The summed E-state index contributed by atoms with van der Waals surface area (Å²) in [4.78, 5) is 0. The maximum absolute atomic E-state index is 11.4. The number of rotatable bonds is 6. The highest BCUT2D eigenvalue weighted by Crippen LogP contribution is 2.03. The molecule has 1 aromatic carbocycles. The van der Waals surface area contributed by atoms with Crippen molar-refractivity contribution >= 4 is 10.0 Å². The third-order valence-corrected chi connectivity index (χ3v) is 4.04. The fourth-order valence-electron chi connectivity index (χ4n) is 1.21. The number of sulfonamides is 1. The summed E-state index contributed by atoms with van der Waals surface area (Å²) in [5.41, 5.74) is 1.04. The Morgan fingerprint density at radius 3 is 2.50 bits per heavy atom. The van der Waals surface area contributed by atoms with Crippen LogP contribution in [-0.2, 0) is 21.4 Å². The van der Waals surface area contributed by atoms with E-state index in [2.05, 4.69) is 4.72 Å². The van der Waals surface area contributed by atoms with Gasteiger partial charge >= 0.3 is 0 Å². The Morgan fingerprint density at radius 2 is 1.94 bits per heavy atom. The minimum absolute atomic E-state index is 0.193. The topological polar surface area (TPSA) is 55.4 Å². The van der Waals surface area contributed by atoms with Crippen molar-refractivity contribution in [3.8, 4) is 0 Å². The summed E-state index contributed by atoms with van der Waals surface area (Å²) in [6.45, 7) is 2.25. The first kappa shape index (κ1) is 13.2. The van der Waals surface area contributed by atoms with Crippen LogP contribution >= 0.6 is 0 Å². The Balaban J connectivity index is 2.37. The Labute approximate surface area is 96.7 Å². The summed E-state index contributed by atoms with van der Waals surface area (Å²) >= 11 is 0. The van der Waals surface area contributed by atoms with Gasteiger partial charge in [0.05, 0.1) is 18.5 Å². The molecule has 0 radical (unpaired) electrons. The predicted molar refractivity (Wildman–Crippen MR) is 63.5 cm³/mol. The molecule has 0 aliphatic carbocycles. The normalized spacial score (nSPS) is 13.6. The van der Waals surface area contributed by atoms with Crippen molar-refractivity contribution in [2.75, 3.05) is 13.7 Å². The van der Waals surface area contributed by atoms with Gasteiger partial charge in [-0.3, -0.25) is 0 Å². The van der Waals surface area contributed by atoms with E-state index >= 15 is 0 Å². The van der Waals surface area contributed by atoms with Crippen molar-refractivity contribution in [3.05, 3.63) is 35.9 Å². The molecule has 0 saturated heterocycles. The Bertz CT molecular complexity index is 402. The molecule has 5 heteroatoms. The lowest BCUT2D eigenvalue weighted by molar-refractivity contribution is 0.122. The first-order valence-corrected chi connectivity index (χ1v) is 6.65. The zero-order chi connectivity index (χ0) is 12.0. The predicted octanol–water partition coefficient (Wildman–Crippen LogP) is 1.14. The molecule has 16 heavy (non-hydrogen) atoms. The number of hydrogen-bond acceptors (Lipinski definition) is 3. The molecule has 0 bridgehead atoms. The van der Waals surface area contributed by atoms with Gasteiger partial charge < -0.3 is 4.74 Å². The molecule has 0 heterocycles. The third kappa shape index (κ3) is 3.92. The molecule has 1 rings (SSSR count). The second-order valence-electron chi connectivity index (χ2n) is 3.56. The van der Waals surface area contributed by atoms with E-state index in [0.29, 0.717) is 6.61 Å². The van der Waals surface area contributed by atoms with Crippen LogP contribution in [0.4, 0.5) is 0 Å². The molecule has 1 atom stereocenters. The zero-order valence-electron chi connectivity index (χ0n) is 9.51. The third-order valence-electron chi connectivity index (χ3n) is 2.28. The van der Waals surface area contributed by atoms with Gasteiger partial charge in [0.2, 0.25) is 10.0 Å². The number of hydrogen-bond donors (Lipinski definition) is 1.